The van der Waals surface area contributed by atoms with E-state index in [1.54, 1.807) is 12.1 Å². The van der Waals surface area contributed by atoms with Crippen molar-refractivity contribution >= 4 is 24.1 Å². The maximum atomic E-state index is 12.6. The molecule has 1 heterocycles. The summed E-state index contributed by atoms with van der Waals surface area (Å²) in [7, 11) is 1.49. The number of nitrogens with one attached hydrogen (secondary N) is 3. The van der Waals surface area contributed by atoms with E-state index in [1.807, 2.05) is 37.3 Å². The van der Waals surface area contributed by atoms with Crippen LogP contribution in [-0.2, 0) is 16.1 Å². The Bertz CT molecular complexity index is 1270. The topological polar surface area (TPSA) is 141 Å². The number of rotatable bonds is 13. The van der Waals surface area contributed by atoms with Gasteiger partial charge in [0.1, 0.15) is 23.9 Å². The highest BCUT2D eigenvalue weighted by Gasteiger charge is 2.33. The van der Waals surface area contributed by atoms with Crippen LogP contribution in [0.25, 0.3) is 0 Å². The maximum Gasteiger partial charge on any atom is 0.407 e. The molecule has 2 amide bonds. The molecular formula is C28H32N4O7. The molecule has 39 heavy (non-hydrogen) atoms. The number of nitrogens with zero attached hydrogens (tertiary/aromatic N) is 1. The van der Waals surface area contributed by atoms with Gasteiger partial charge in [0.2, 0.25) is 0 Å². The van der Waals surface area contributed by atoms with Gasteiger partial charge in [-0.1, -0.05) is 37.3 Å². The Labute approximate surface area is 226 Å². The lowest BCUT2D eigenvalue weighted by Crippen LogP contribution is -2.43. The number of aromatic nitrogens is 2. The zero-order valence-electron chi connectivity index (χ0n) is 21.9. The number of carbonyl (C=O) groups is 3. The van der Waals surface area contributed by atoms with Crippen molar-refractivity contribution in [3.63, 3.8) is 0 Å². The van der Waals surface area contributed by atoms with Crippen LogP contribution in [0, 0.1) is 0 Å². The van der Waals surface area contributed by atoms with Gasteiger partial charge in [0.05, 0.1) is 19.3 Å². The minimum absolute atomic E-state index is 0.0468. The number of aldehydes is 1. The van der Waals surface area contributed by atoms with E-state index in [0.717, 1.165) is 30.5 Å². The third-order valence-electron chi connectivity index (χ3n) is 6.23. The molecule has 0 radical (unpaired) electrons. The van der Waals surface area contributed by atoms with Crippen LogP contribution < -0.4 is 24.8 Å². The van der Waals surface area contributed by atoms with Crippen molar-refractivity contribution in [3.8, 4) is 17.2 Å². The molecule has 206 valence electrons. The van der Waals surface area contributed by atoms with Crippen LogP contribution in [0.3, 0.4) is 0 Å². The Balaban J connectivity index is 1.30. The summed E-state index contributed by atoms with van der Waals surface area (Å²) >= 11 is 0. The lowest BCUT2D eigenvalue weighted by atomic mass is 9.78. The number of anilines is 1. The van der Waals surface area contributed by atoms with E-state index in [0.29, 0.717) is 24.5 Å². The molecule has 0 spiro atoms. The van der Waals surface area contributed by atoms with Crippen LogP contribution in [0.5, 0.6) is 17.2 Å². The van der Waals surface area contributed by atoms with Crippen molar-refractivity contribution in [2.24, 2.45) is 0 Å². The van der Waals surface area contributed by atoms with Crippen molar-refractivity contribution in [3.05, 3.63) is 65.4 Å². The van der Waals surface area contributed by atoms with E-state index in [9.17, 15) is 14.4 Å². The summed E-state index contributed by atoms with van der Waals surface area (Å²) in [5, 5.41) is 12.6. The van der Waals surface area contributed by atoms with Crippen LogP contribution >= 0.6 is 0 Å². The molecule has 0 bridgehead atoms. The highest BCUT2D eigenvalue weighted by atomic mass is 16.5. The van der Waals surface area contributed by atoms with Gasteiger partial charge in [0.25, 0.3) is 5.91 Å². The molecule has 1 aliphatic rings. The number of alkyl carbamates (subject to hydrolysis) is 1. The number of H-pyrrole nitrogens is 1. The van der Waals surface area contributed by atoms with Gasteiger partial charge in [-0.3, -0.25) is 14.7 Å². The van der Waals surface area contributed by atoms with Gasteiger partial charge < -0.3 is 29.6 Å². The third-order valence-corrected chi connectivity index (χ3v) is 6.23. The van der Waals surface area contributed by atoms with Gasteiger partial charge in [-0.2, -0.15) is 5.10 Å². The molecule has 1 fully saturated rings. The molecule has 0 aliphatic heterocycles. The summed E-state index contributed by atoms with van der Waals surface area (Å²) in [6, 6.07) is 14.4. The predicted molar refractivity (Wildman–Crippen MR) is 142 cm³/mol. The monoisotopic (exact) mass is 536 g/mol. The van der Waals surface area contributed by atoms with Gasteiger partial charge in [-0.15, -0.1) is 0 Å². The first kappa shape index (κ1) is 27.5. The molecule has 0 unspecified atom stereocenters. The normalized spacial score (nSPS) is 15.9. The highest BCUT2D eigenvalue weighted by molar-refractivity contribution is 5.91. The van der Waals surface area contributed by atoms with Crippen molar-refractivity contribution in [1.82, 2.24) is 15.5 Å². The smallest absolute Gasteiger partial charge is 0.407 e. The quantitative estimate of drug-likeness (QED) is 0.276. The molecular weight excluding hydrogens is 504 g/mol. The van der Waals surface area contributed by atoms with E-state index in [1.165, 1.54) is 13.2 Å². The Morgan fingerprint density at radius 1 is 1.10 bits per heavy atom. The van der Waals surface area contributed by atoms with Gasteiger partial charge in [-0.25, -0.2) is 4.79 Å². The average Bonchev–Trinajstić information content (AvgIpc) is 3.38. The minimum Gasteiger partial charge on any atom is -0.496 e. The zero-order chi connectivity index (χ0) is 27.6. The van der Waals surface area contributed by atoms with Crippen molar-refractivity contribution in [2.45, 2.75) is 44.8 Å². The summed E-state index contributed by atoms with van der Waals surface area (Å²) in [5.74, 6) is 0.958. The molecule has 1 saturated carbocycles. The lowest BCUT2D eigenvalue weighted by molar-refractivity contribution is -0.118. The molecule has 3 aromatic rings. The zero-order valence-corrected chi connectivity index (χ0v) is 21.9. The second kappa shape index (κ2) is 13.3. The van der Waals surface area contributed by atoms with E-state index >= 15 is 0 Å². The number of hydrogen-bond acceptors (Lipinski definition) is 8. The van der Waals surface area contributed by atoms with E-state index in [4.69, 9.17) is 18.9 Å². The van der Waals surface area contributed by atoms with Crippen LogP contribution in [0.4, 0.5) is 10.6 Å². The standard InChI is InChI=1S/C28H32N4O7/c1-3-9-37-28(35)29-20-10-19(11-20)23-14-26(32-31-23)30-27(34)17-39-25-13-21(36-2)12-24(22(25)15-33)38-16-18-7-5-4-6-8-18/h4-8,12-15,19-20H,3,9-11,16-17H2,1-2H3,(H,29,35)(H2,30,31,32,34). The number of carbonyl (C=O) groups excluding carboxylic acids is 3. The van der Waals surface area contributed by atoms with Crippen LogP contribution in [-0.4, -0.2) is 54.8 Å². The predicted octanol–water partition coefficient (Wildman–Crippen LogP) is 4.21. The van der Waals surface area contributed by atoms with E-state index < -0.39 is 12.0 Å². The number of amides is 2. The number of ether oxygens (including phenoxy) is 4. The molecule has 3 N–H and O–H groups in total. The number of methoxy groups -OCH3 is 1. The Kier molecular flexibility index (Phi) is 9.39. The number of hydrogen-bond donors (Lipinski definition) is 3. The summed E-state index contributed by atoms with van der Waals surface area (Å²) in [5.41, 5.74) is 1.97. The Morgan fingerprint density at radius 2 is 1.85 bits per heavy atom. The Hall–Kier alpha value is -4.54. The van der Waals surface area contributed by atoms with Crippen molar-refractivity contribution in [2.75, 3.05) is 25.6 Å². The van der Waals surface area contributed by atoms with Gasteiger partial charge in [-0.05, 0) is 24.8 Å². The molecule has 2 aromatic carbocycles. The SMILES string of the molecule is CCCOC(=O)NC1CC(c2cc(NC(=O)COc3cc(OC)cc(OCc4ccccc4)c3C=O)n[nH]2)C1. The second-order valence-electron chi connectivity index (χ2n) is 9.12. The third kappa shape index (κ3) is 7.50. The average molecular weight is 537 g/mol. The molecule has 11 heteroatoms. The fourth-order valence-corrected chi connectivity index (χ4v) is 4.11. The fourth-order valence-electron chi connectivity index (χ4n) is 4.11. The number of benzene rings is 2. The van der Waals surface area contributed by atoms with Crippen LogP contribution in [0.2, 0.25) is 0 Å². The molecule has 1 aromatic heterocycles. The highest BCUT2D eigenvalue weighted by Crippen LogP contribution is 2.37. The summed E-state index contributed by atoms with van der Waals surface area (Å²) in [6.45, 7) is 2.22. The van der Waals surface area contributed by atoms with Gasteiger partial charge in [0.15, 0.2) is 18.7 Å². The van der Waals surface area contributed by atoms with E-state index in [-0.39, 0.29) is 42.2 Å². The molecule has 4 rings (SSSR count). The second-order valence-corrected chi connectivity index (χ2v) is 9.12. The van der Waals surface area contributed by atoms with Crippen molar-refractivity contribution in [1.29, 1.82) is 0 Å². The molecule has 1 aliphatic carbocycles. The first-order valence-electron chi connectivity index (χ1n) is 12.7. The molecule has 0 atom stereocenters. The van der Waals surface area contributed by atoms with Crippen molar-refractivity contribution < 1.29 is 33.3 Å². The maximum absolute atomic E-state index is 12.6. The van der Waals surface area contributed by atoms with Crippen LogP contribution in [0.15, 0.2) is 48.5 Å². The van der Waals surface area contributed by atoms with Crippen LogP contribution in [0.1, 0.15) is 53.7 Å². The van der Waals surface area contributed by atoms with E-state index in [2.05, 4.69) is 20.8 Å². The van der Waals surface area contributed by atoms with Gasteiger partial charge in [0, 0.05) is 35.9 Å². The largest absolute Gasteiger partial charge is 0.496 e. The van der Waals surface area contributed by atoms with Gasteiger partial charge >= 0.3 is 6.09 Å². The number of aromatic amines is 1. The lowest BCUT2D eigenvalue weighted by Gasteiger charge is -2.34. The first-order valence-corrected chi connectivity index (χ1v) is 12.7. The fraction of sp³-hybridized carbons (Fsp3) is 0.357. The summed E-state index contributed by atoms with van der Waals surface area (Å²) in [4.78, 5) is 36.1. The molecule has 0 saturated heterocycles. The summed E-state index contributed by atoms with van der Waals surface area (Å²) < 4.78 is 21.9. The molecule has 11 nitrogen and oxygen atoms in total. The summed E-state index contributed by atoms with van der Waals surface area (Å²) in [6.07, 6.45) is 2.49. The first-order chi connectivity index (χ1) is 19.0. The Morgan fingerprint density at radius 3 is 2.54 bits per heavy atom. The minimum atomic E-state index is -0.453.